The van der Waals surface area contributed by atoms with Gasteiger partial charge in [0, 0.05) is 30.0 Å². The Labute approximate surface area is 219 Å². The van der Waals surface area contributed by atoms with Crippen LogP contribution < -0.4 is 21.6 Å². The first-order valence-corrected chi connectivity index (χ1v) is 13.0. The van der Waals surface area contributed by atoms with Crippen molar-refractivity contribution in [2.24, 2.45) is 11.5 Å². The van der Waals surface area contributed by atoms with Gasteiger partial charge in [-0.05, 0) is 51.2 Å². The summed E-state index contributed by atoms with van der Waals surface area (Å²) in [5.41, 5.74) is 11.9. The predicted octanol–water partition coefficient (Wildman–Crippen LogP) is 3.45. The first-order valence-electron chi connectivity index (χ1n) is 13.0. The molecule has 0 radical (unpaired) electrons. The summed E-state index contributed by atoms with van der Waals surface area (Å²) in [5, 5.41) is 11.4. The van der Waals surface area contributed by atoms with Crippen molar-refractivity contribution in [3.63, 3.8) is 0 Å². The molecule has 2 fully saturated rings. The third kappa shape index (κ3) is 3.88. The van der Waals surface area contributed by atoms with Gasteiger partial charge in [-0.25, -0.2) is 4.79 Å². The third-order valence-electron chi connectivity index (χ3n) is 8.13. The van der Waals surface area contributed by atoms with Crippen LogP contribution in [0.3, 0.4) is 0 Å². The van der Waals surface area contributed by atoms with Crippen molar-refractivity contribution < 1.29 is 28.5 Å². The van der Waals surface area contributed by atoms with Gasteiger partial charge in [0.05, 0.1) is 6.17 Å². The Morgan fingerprint density at radius 3 is 2.71 bits per heavy atom. The standard InChI is InChI=1S/C29H32N2O7/c1-14-10-18(32)23-19(35-14)13-20-22(24(23)33)17-8-5-9-29(27(34)36-25(17)28(2,3)37-20)21(38-29)12-15-6-4-7-16(11-15)26(30)31/h4,6-7,10-11,13,17,21,25-26,33H,5,8-9,12,30-31H2,1-3H3/t17-,21+,25+,29-/m0/s1. The van der Waals surface area contributed by atoms with Crippen LogP contribution in [-0.2, 0) is 20.7 Å². The molecule has 1 aromatic heterocycles. The number of ether oxygens (including phenoxy) is 3. The van der Waals surface area contributed by atoms with Gasteiger partial charge >= 0.3 is 5.97 Å². The lowest BCUT2D eigenvalue weighted by molar-refractivity contribution is -0.173. The molecule has 2 saturated heterocycles. The molecule has 38 heavy (non-hydrogen) atoms. The minimum atomic E-state index is -1.02. The summed E-state index contributed by atoms with van der Waals surface area (Å²) in [4.78, 5) is 26.3. The molecule has 4 atom stereocenters. The molecule has 0 amide bonds. The fraction of sp³-hybridized carbons (Fsp3) is 0.448. The average molecular weight is 521 g/mol. The van der Waals surface area contributed by atoms with Gasteiger partial charge < -0.3 is 35.2 Å². The molecule has 4 heterocycles. The van der Waals surface area contributed by atoms with E-state index in [-0.39, 0.29) is 34.2 Å². The quantitative estimate of drug-likeness (QED) is 0.268. The van der Waals surface area contributed by atoms with Crippen LogP contribution in [0.25, 0.3) is 11.0 Å². The van der Waals surface area contributed by atoms with Crippen molar-refractivity contribution in [2.75, 3.05) is 0 Å². The van der Waals surface area contributed by atoms with E-state index >= 15 is 0 Å². The number of fused-ring (bicyclic) bond motifs is 4. The number of phenols is 1. The van der Waals surface area contributed by atoms with Crippen molar-refractivity contribution in [2.45, 2.75) is 81.9 Å². The number of rotatable bonds is 3. The SMILES string of the molecule is Cc1cc(=O)c2c(O)c3c(cc2o1)OC(C)(C)[C@@H]1OC(=O)[C@@]2(CCC[C@@H]31)O[C@@H]2Cc1cccc(C(N)N)c1. The first-order chi connectivity index (χ1) is 18.0. The maximum Gasteiger partial charge on any atom is 0.341 e. The summed E-state index contributed by atoms with van der Waals surface area (Å²) in [5.74, 6) is -0.0995. The molecule has 3 aromatic rings. The van der Waals surface area contributed by atoms with E-state index in [1.54, 1.807) is 13.0 Å². The van der Waals surface area contributed by atoms with Crippen LogP contribution in [0.4, 0.5) is 0 Å². The fourth-order valence-corrected chi connectivity index (χ4v) is 6.22. The van der Waals surface area contributed by atoms with Crippen molar-refractivity contribution in [3.05, 3.63) is 69.1 Å². The second-order valence-electron chi connectivity index (χ2n) is 11.2. The van der Waals surface area contributed by atoms with Gasteiger partial charge in [0.2, 0.25) is 0 Å². The number of aromatic hydroxyl groups is 1. The molecule has 0 unspecified atom stereocenters. The summed E-state index contributed by atoms with van der Waals surface area (Å²) in [6, 6.07) is 10.7. The number of epoxide rings is 1. The smallest absolute Gasteiger partial charge is 0.341 e. The van der Waals surface area contributed by atoms with Crippen molar-refractivity contribution in [3.8, 4) is 11.5 Å². The second-order valence-corrected chi connectivity index (χ2v) is 11.2. The van der Waals surface area contributed by atoms with Gasteiger partial charge in [-0.2, -0.15) is 0 Å². The van der Waals surface area contributed by atoms with Gasteiger partial charge in [0.1, 0.15) is 46.0 Å². The van der Waals surface area contributed by atoms with Crippen molar-refractivity contribution >= 4 is 16.9 Å². The number of aryl methyl sites for hydroxylation is 1. The third-order valence-corrected chi connectivity index (χ3v) is 8.13. The van der Waals surface area contributed by atoms with E-state index in [9.17, 15) is 14.7 Å². The number of benzene rings is 2. The van der Waals surface area contributed by atoms with Crippen molar-refractivity contribution in [1.29, 1.82) is 0 Å². The highest BCUT2D eigenvalue weighted by atomic mass is 16.7. The van der Waals surface area contributed by atoms with Gasteiger partial charge in [-0.1, -0.05) is 24.3 Å². The maximum absolute atomic E-state index is 13.6. The lowest BCUT2D eigenvalue weighted by atomic mass is 9.76. The Morgan fingerprint density at radius 1 is 1.16 bits per heavy atom. The van der Waals surface area contributed by atoms with E-state index in [0.717, 1.165) is 11.1 Å². The van der Waals surface area contributed by atoms with E-state index in [0.29, 0.717) is 42.8 Å². The molecule has 3 aliphatic heterocycles. The minimum Gasteiger partial charge on any atom is -0.507 e. The lowest BCUT2D eigenvalue weighted by Gasteiger charge is -2.45. The molecule has 200 valence electrons. The van der Waals surface area contributed by atoms with E-state index in [2.05, 4.69) is 0 Å². The normalized spacial score (nSPS) is 27.7. The molecular weight excluding hydrogens is 488 g/mol. The number of nitrogens with two attached hydrogens (primary N) is 2. The molecule has 6 rings (SSSR count). The Morgan fingerprint density at radius 2 is 1.95 bits per heavy atom. The largest absolute Gasteiger partial charge is 0.507 e. The molecule has 0 bridgehead atoms. The summed E-state index contributed by atoms with van der Waals surface area (Å²) in [7, 11) is 0. The van der Waals surface area contributed by atoms with Gasteiger partial charge in [0.25, 0.3) is 0 Å². The zero-order chi connectivity index (χ0) is 27.0. The van der Waals surface area contributed by atoms with E-state index < -0.39 is 29.4 Å². The zero-order valence-corrected chi connectivity index (χ0v) is 21.7. The number of carbonyl (C=O) groups is 1. The Kier molecular flexibility index (Phi) is 5.61. The molecular formula is C29H32N2O7. The number of carbonyl (C=O) groups excluding carboxylic acids is 1. The van der Waals surface area contributed by atoms with E-state index in [4.69, 9.17) is 30.1 Å². The Hall–Kier alpha value is -3.40. The second kappa shape index (κ2) is 8.56. The zero-order valence-electron chi connectivity index (χ0n) is 21.7. The Bertz CT molecular complexity index is 1510. The summed E-state index contributed by atoms with van der Waals surface area (Å²) < 4.78 is 24.2. The highest BCUT2D eigenvalue weighted by molar-refractivity contribution is 5.88. The van der Waals surface area contributed by atoms with Crippen LogP contribution in [0.15, 0.2) is 45.6 Å². The van der Waals surface area contributed by atoms with Gasteiger partial charge in [-0.3, -0.25) is 4.79 Å². The highest BCUT2D eigenvalue weighted by Crippen LogP contribution is 2.54. The molecule has 3 aliphatic rings. The Balaban J connectivity index is 1.31. The van der Waals surface area contributed by atoms with Crippen LogP contribution in [-0.4, -0.2) is 34.5 Å². The van der Waals surface area contributed by atoms with E-state index in [1.807, 2.05) is 38.1 Å². The number of hydrogen-bond donors (Lipinski definition) is 3. The number of esters is 1. The molecule has 0 aliphatic carbocycles. The van der Waals surface area contributed by atoms with Crippen LogP contribution in [0.2, 0.25) is 0 Å². The molecule has 9 heteroatoms. The van der Waals surface area contributed by atoms with Gasteiger partial charge in [-0.15, -0.1) is 0 Å². The summed E-state index contributed by atoms with van der Waals surface area (Å²) >= 11 is 0. The van der Waals surface area contributed by atoms with Crippen LogP contribution >= 0.6 is 0 Å². The highest BCUT2D eigenvalue weighted by Gasteiger charge is 2.65. The monoisotopic (exact) mass is 520 g/mol. The minimum absolute atomic E-state index is 0.103. The molecule has 0 saturated carbocycles. The molecule has 9 nitrogen and oxygen atoms in total. The predicted molar refractivity (Wildman–Crippen MR) is 139 cm³/mol. The van der Waals surface area contributed by atoms with Crippen molar-refractivity contribution in [1.82, 2.24) is 0 Å². The lowest BCUT2D eigenvalue weighted by Crippen LogP contribution is -2.53. The topological polar surface area (TPSA) is 151 Å². The molecule has 1 spiro atoms. The first kappa shape index (κ1) is 24.9. The maximum atomic E-state index is 13.6. The molecule has 2 aromatic carbocycles. The summed E-state index contributed by atoms with van der Waals surface area (Å²) in [6.07, 6.45) is 0.716. The summed E-state index contributed by atoms with van der Waals surface area (Å²) in [6.45, 7) is 5.39. The number of hydrogen-bond acceptors (Lipinski definition) is 9. The average Bonchev–Trinajstić information content (AvgIpc) is 3.52. The van der Waals surface area contributed by atoms with E-state index in [1.165, 1.54) is 6.07 Å². The van der Waals surface area contributed by atoms with Gasteiger partial charge in [0.15, 0.2) is 11.0 Å². The van der Waals surface area contributed by atoms with Crippen LogP contribution in [0.1, 0.15) is 67.6 Å². The number of phenolic OH excluding ortho intramolecular Hbond substituents is 1. The van der Waals surface area contributed by atoms with Crippen LogP contribution in [0.5, 0.6) is 11.5 Å². The van der Waals surface area contributed by atoms with Crippen LogP contribution in [0, 0.1) is 6.92 Å². The molecule has 5 N–H and O–H groups in total. The fourth-order valence-electron chi connectivity index (χ4n) is 6.22.